The van der Waals surface area contributed by atoms with Crippen LogP contribution in [0.2, 0.25) is 0 Å². The monoisotopic (exact) mass is 366 g/mol. The van der Waals surface area contributed by atoms with Crippen LogP contribution in [0.3, 0.4) is 0 Å². The van der Waals surface area contributed by atoms with Crippen molar-refractivity contribution in [1.82, 2.24) is 15.1 Å². The Bertz CT molecular complexity index is 636. The van der Waals surface area contributed by atoms with Gasteiger partial charge in [0.2, 0.25) is 11.0 Å². The third-order valence-corrected chi connectivity index (χ3v) is 6.00. The maximum absolute atomic E-state index is 12.6. The second-order valence-corrected chi connectivity index (χ2v) is 8.37. The number of anilines is 1. The second-order valence-electron chi connectivity index (χ2n) is 5.81. The third kappa shape index (κ3) is 4.73. The number of aromatic nitrogens is 2. The number of carbonyl (C=O) groups is 1. The predicted molar refractivity (Wildman–Crippen MR) is 96.3 cm³/mol. The molecule has 0 aromatic carbocycles. The SMILES string of the molecule is CC(Sc1nnc(NCc2ccco2)s1)C(=O)N1CCCCCC1. The van der Waals surface area contributed by atoms with Crippen LogP contribution in [0.5, 0.6) is 0 Å². The zero-order chi connectivity index (χ0) is 16.8. The number of thioether (sulfide) groups is 1. The Morgan fingerprint density at radius 1 is 1.38 bits per heavy atom. The highest BCUT2D eigenvalue weighted by molar-refractivity contribution is 8.02. The van der Waals surface area contributed by atoms with Crippen molar-refractivity contribution in [2.24, 2.45) is 0 Å². The lowest BCUT2D eigenvalue weighted by atomic mass is 10.2. The largest absolute Gasteiger partial charge is 0.467 e. The first kappa shape index (κ1) is 17.3. The Morgan fingerprint density at radius 3 is 2.88 bits per heavy atom. The molecule has 3 heterocycles. The van der Waals surface area contributed by atoms with Gasteiger partial charge in [0.1, 0.15) is 5.76 Å². The average molecular weight is 367 g/mol. The highest BCUT2D eigenvalue weighted by Gasteiger charge is 2.23. The molecule has 8 heteroatoms. The van der Waals surface area contributed by atoms with Crippen molar-refractivity contribution < 1.29 is 9.21 Å². The van der Waals surface area contributed by atoms with Gasteiger partial charge in [0.05, 0.1) is 18.1 Å². The van der Waals surface area contributed by atoms with E-state index in [0.717, 1.165) is 41.2 Å². The molecular formula is C16H22N4O2S2. The molecule has 6 nitrogen and oxygen atoms in total. The van der Waals surface area contributed by atoms with Gasteiger partial charge < -0.3 is 14.6 Å². The number of nitrogens with zero attached hydrogens (tertiary/aromatic N) is 3. The predicted octanol–water partition coefficient (Wildman–Crippen LogP) is 3.63. The van der Waals surface area contributed by atoms with Crippen LogP contribution in [-0.2, 0) is 11.3 Å². The van der Waals surface area contributed by atoms with Crippen molar-refractivity contribution in [1.29, 1.82) is 0 Å². The van der Waals surface area contributed by atoms with Crippen molar-refractivity contribution in [2.45, 2.75) is 48.7 Å². The zero-order valence-electron chi connectivity index (χ0n) is 13.7. The van der Waals surface area contributed by atoms with Gasteiger partial charge >= 0.3 is 0 Å². The van der Waals surface area contributed by atoms with Crippen molar-refractivity contribution in [3.8, 4) is 0 Å². The minimum atomic E-state index is -0.131. The molecule has 3 rings (SSSR count). The van der Waals surface area contributed by atoms with E-state index in [0.29, 0.717) is 6.54 Å². The van der Waals surface area contributed by atoms with E-state index in [9.17, 15) is 4.79 Å². The molecule has 0 bridgehead atoms. The van der Waals surface area contributed by atoms with Gasteiger partial charge in [-0.2, -0.15) is 0 Å². The molecule has 0 spiro atoms. The Hall–Kier alpha value is -1.54. The van der Waals surface area contributed by atoms with Crippen LogP contribution in [0.1, 0.15) is 38.4 Å². The van der Waals surface area contributed by atoms with Gasteiger partial charge in [-0.1, -0.05) is 35.9 Å². The summed E-state index contributed by atoms with van der Waals surface area (Å²) in [5, 5.41) is 12.1. The van der Waals surface area contributed by atoms with Gasteiger partial charge in [-0.05, 0) is 31.9 Å². The standard InChI is InChI=1S/C16H22N4O2S2/c1-12(14(21)20-8-4-2-3-5-9-20)23-16-19-18-15(24-16)17-11-13-7-6-10-22-13/h6-7,10,12H,2-5,8-9,11H2,1H3,(H,17,18). The van der Waals surface area contributed by atoms with E-state index >= 15 is 0 Å². The molecule has 0 radical (unpaired) electrons. The fourth-order valence-corrected chi connectivity index (χ4v) is 4.63. The summed E-state index contributed by atoms with van der Waals surface area (Å²) in [6, 6.07) is 3.76. The van der Waals surface area contributed by atoms with Gasteiger partial charge in [-0.15, -0.1) is 10.2 Å². The molecule has 1 aliphatic heterocycles. The molecular weight excluding hydrogens is 344 g/mol. The first-order valence-electron chi connectivity index (χ1n) is 8.27. The van der Waals surface area contributed by atoms with Crippen LogP contribution in [0.25, 0.3) is 0 Å². The number of rotatable bonds is 6. The van der Waals surface area contributed by atoms with Crippen molar-refractivity contribution >= 4 is 34.1 Å². The van der Waals surface area contributed by atoms with E-state index in [4.69, 9.17) is 4.42 Å². The van der Waals surface area contributed by atoms with Crippen LogP contribution in [0, 0.1) is 0 Å². The quantitative estimate of drug-likeness (QED) is 0.787. The molecule has 1 aliphatic rings. The van der Waals surface area contributed by atoms with Gasteiger partial charge in [0.25, 0.3) is 0 Å². The summed E-state index contributed by atoms with van der Waals surface area (Å²) in [5.74, 6) is 1.06. The fraction of sp³-hybridized carbons (Fsp3) is 0.562. The summed E-state index contributed by atoms with van der Waals surface area (Å²) in [6.45, 7) is 4.30. The number of furan rings is 1. The Labute approximate surface area is 150 Å². The summed E-state index contributed by atoms with van der Waals surface area (Å²) in [4.78, 5) is 14.6. The van der Waals surface area contributed by atoms with Crippen LogP contribution in [-0.4, -0.2) is 39.3 Å². The number of hydrogen-bond donors (Lipinski definition) is 1. The molecule has 0 saturated carbocycles. The topological polar surface area (TPSA) is 71.3 Å². The van der Waals surface area contributed by atoms with Crippen molar-refractivity contribution in [3.63, 3.8) is 0 Å². The first-order valence-corrected chi connectivity index (χ1v) is 9.97. The van der Waals surface area contributed by atoms with E-state index < -0.39 is 0 Å². The average Bonchev–Trinajstić information content (AvgIpc) is 3.18. The summed E-state index contributed by atoms with van der Waals surface area (Å²) in [6.07, 6.45) is 6.33. The summed E-state index contributed by atoms with van der Waals surface area (Å²) >= 11 is 2.96. The molecule has 2 aromatic heterocycles. The van der Waals surface area contributed by atoms with Gasteiger partial charge in [0.15, 0.2) is 4.34 Å². The molecule has 1 unspecified atom stereocenters. The summed E-state index contributed by atoms with van der Waals surface area (Å²) < 4.78 is 6.09. The molecule has 2 aromatic rings. The number of hydrogen-bond acceptors (Lipinski definition) is 7. The van der Waals surface area contributed by atoms with Crippen molar-refractivity contribution in [3.05, 3.63) is 24.2 Å². The molecule has 1 saturated heterocycles. The zero-order valence-corrected chi connectivity index (χ0v) is 15.4. The lowest BCUT2D eigenvalue weighted by Gasteiger charge is -2.23. The number of amides is 1. The minimum absolute atomic E-state index is 0.131. The first-order chi connectivity index (χ1) is 11.7. The van der Waals surface area contributed by atoms with Crippen LogP contribution in [0.4, 0.5) is 5.13 Å². The minimum Gasteiger partial charge on any atom is -0.467 e. The van der Waals surface area contributed by atoms with Crippen molar-refractivity contribution in [2.75, 3.05) is 18.4 Å². The van der Waals surface area contributed by atoms with Gasteiger partial charge in [-0.25, -0.2) is 0 Å². The summed E-state index contributed by atoms with van der Waals surface area (Å²) in [5.41, 5.74) is 0. The second kappa shape index (κ2) is 8.53. The Balaban J connectivity index is 1.50. The number of carbonyl (C=O) groups excluding carboxylic acids is 1. The molecule has 1 atom stereocenters. The lowest BCUT2D eigenvalue weighted by Crippen LogP contribution is -2.37. The normalized spacial score (nSPS) is 16.6. The molecule has 1 amide bonds. The summed E-state index contributed by atoms with van der Waals surface area (Å²) in [7, 11) is 0. The Kier molecular flexibility index (Phi) is 6.14. The fourth-order valence-electron chi connectivity index (χ4n) is 2.65. The highest BCUT2D eigenvalue weighted by Crippen LogP contribution is 2.30. The van der Waals surface area contributed by atoms with Crippen LogP contribution < -0.4 is 5.32 Å². The van der Waals surface area contributed by atoms with E-state index in [1.165, 1.54) is 35.9 Å². The molecule has 24 heavy (non-hydrogen) atoms. The molecule has 0 aliphatic carbocycles. The van der Waals surface area contributed by atoms with Gasteiger partial charge in [0, 0.05) is 13.1 Å². The maximum atomic E-state index is 12.6. The van der Waals surface area contributed by atoms with Gasteiger partial charge in [-0.3, -0.25) is 4.79 Å². The maximum Gasteiger partial charge on any atom is 0.235 e. The molecule has 1 N–H and O–H groups in total. The van der Waals surface area contributed by atoms with E-state index in [2.05, 4.69) is 15.5 Å². The Morgan fingerprint density at radius 2 is 2.17 bits per heavy atom. The number of nitrogens with one attached hydrogen (secondary N) is 1. The van der Waals surface area contributed by atoms with E-state index in [1.54, 1.807) is 6.26 Å². The number of likely N-dealkylation sites (tertiary alicyclic amines) is 1. The molecule has 1 fully saturated rings. The van der Waals surface area contributed by atoms with E-state index in [1.807, 2.05) is 24.0 Å². The van der Waals surface area contributed by atoms with Crippen LogP contribution in [0.15, 0.2) is 27.2 Å². The van der Waals surface area contributed by atoms with Crippen LogP contribution >= 0.6 is 23.1 Å². The third-order valence-electron chi connectivity index (χ3n) is 3.94. The highest BCUT2D eigenvalue weighted by atomic mass is 32.2. The molecule has 130 valence electrons. The van der Waals surface area contributed by atoms with E-state index in [-0.39, 0.29) is 11.2 Å². The lowest BCUT2D eigenvalue weighted by molar-refractivity contribution is -0.130. The smallest absolute Gasteiger partial charge is 0.235 e.